The van der Waals surface area contributed by atoms with Crippen molar-refractivity contribution in [2.24, 2.45) is 0 Å². The van der Waals surface area contributed by atoms with Gasteiger partial charge in [-0.15, -0.1) is 0 Å². The van der Waals surface area contributed by atoms with Gasteiger partial charge in [-0.3, -0.25) is 9.69 Å². The molecule has 0 heterocycles. The molecular formula is C15H23NO3. The first-order valence-corrected chi connectivity index (χ1v) is 6.54. The summed E-state index contributed by atoms with van der Waals surface area (Å²) in [7, 11) is 1.82. The van der Waals surface area contributed by atoms with Gasteiger partial charge in [0.25, 0.3) is 0 Å². The monoisotopic (exact) mass is 265 g/mol. The molecule has 0 spiro atoms. The van der Waals surface area contributed by atoms with Gasteiger partial charge in [0.15, 0.2) is 0 Å². The smallest absolute Gasteiger partial charge is 0.320 e. The Hall–Kier alpha value is -1.55. The number of carboxylic acid groups (broad SMARTS) is 1. The van der Waals surface area contributed by atoms with E-state index in [9.17, 15) is 4.79 Å². The molecule has 1 N–H and O–H groups in total. The molecule has 1 aromatic carbocycles. The lowest BCUT2D eigenvalue weighted by Crippen LogP contribution is -2.37. The van der Waals surface area contributed by atoms with E-state index in [2.05, 4.69) is 0 Å². The number of ether oxygens (including phenoxy) is 1. The molecule has 2 unspecified atom stereocenters. The van der Waals surface area contributed by atoms with E-state index in [-0.39, 0.29) is 12.1 Å². The fraction of sp³-hybridized carbons (Fsp3) is 0.533. The minimum atomic E-state index is -0.811. The molecule has 4 heteroatoms. The van der Waals surface area contributed by atoms with Gasteiger partial charge in [0.05, 0.1) is 6.10 Å². The molecule has 19 heavy (non-hydrogen) atoms. The summed E-state index contributed by atoms with van der Waals surface area (Å²) in [6, 6.07) is 7.33. The Morgan fingerprint density at radius 3 is 2.11 bits per heavy atom. The van der Waals surface area contributed by atoms with Crippen LogP contribution in [-0.2, 0) is 4.79 Å². The van der Waals surface area contributed by atoms with E-state index < -0.39 is 12.0 Å². The Bertz CT molecular complexity index is 414. The van der Waals surface area contributed by atoms with Gasteiger partial charge in [-0.25, -0.2) is 0 Å². The largest absolute Gasteiger partial charge is 0.491 e. The van der Waals surface area contributed by atoms with Gasteiger partial charge in [0.2, 0.25) is 0 Å². The molecule has 0 fully saturated rings. The number of hydrogen-bond donors (Lipinski definition) is 1. The van der Waals surface area contributed by atoms with Crippen molar-refractivity contribution in [1.82, 2.24) is 4.90 Å². The van der Waals surface area contributed by atoms with E-state index in [0.29, 0.717) is 0 Å². The molecule has 0 saturated carbocycles. The molecule has 0 aliphatic heterocycles. The number of nitrogens with zero attached hydrogens (tertiary/aromatic N) is 1. The van der Waals surface area contributed by atoms with Gasteiger partial charge >= 0.3 is 5.97 Å². The van der Waals surface area contributed by atoms with Crippen LogP contribution in [-0.4, -0.2) is 35.2 Å². The second-order valence-corrected chi connectivity index (χ2v) is 5.09. The first-order valence-electron chi connectivity index (χ1n) is 6.54. The Morgan fingerprint density at radius 1 is 1.16 bits per heavy atom. The van der Waals surface area contributed by atoms with Gasteiger partial charge in [0, 0.05) is 6.04 Å². The molecule has 2 atom stereocenters. The fourth-order valence-electron chi connectivity index (χ4n) is 1.84. The van der Waals surface area contributed by atoms with E-state index in [1.807, 2.05) is 57.0 Å². The predicted octanol–water partition coefficient (Wildman–Crippen LogP) is 2.94. The molecule has 1 rings (SSSR count). The highest BCUT2D eigenvalue weighted by Crippen LogP contribution is 2.23. The molecule has 0 aliphatic carbocycles. The zero-order valence-electron chi connectivity index (χ0n) is 12.3. The third-order valence-corrected chi connectivity index (χ3v) is 3.31. The minimum Gasteiger partial charge on any atom is -0.491 e. The van der Waals surface area contributed by atoms with Crippen molar-refractivity contribution in [3.8, 4) is 5.75 Å². The molecule has 0 radical (unpaired) electrons. The molecule has 0 bridgehead atoms. The van der Waals surface area contributed by atoms with Crippen LogP contribution >= 0.6 is 0 Å². The maximum atomic E-state index is 11.0. The number of likely N-dealkylation sites (N-methyl/N-ethyl adjacent to an activating group) is 1. The van der Waals surface area contributed by atoms with Crippen LogP contribution in [0.2, 0.25) is 0 Å². The summed E-state index contributed by atoms with van der Waals surface area (Å²) in [5.41, 5.74) is 1.08. The molecule has 4 nitrogen and oxygen atoms in total. The zero-order valence-corrected chi connectivity index (χ0v) is 12.3. The summed E-state index contributed by atoms with van der Waals surface area (Å²) in [5.74, 6) is 0.0222. The van der Waals surface area contributed by atoms with Crippen LogP contribution in [0.15, 0.2) is 24.3 Å². The third kappa shape index (κ3) is 4.24. The van der Waals surface area contributed by atoms with E-state index in [1.54, 1.807) is 6.92 Å². The quantitative estimate of drug-likeness (QED) is 0.859. The Morgan fingerprint density at radius 2 is 1.68 bits per heavy atom. The maximum absolute atomic E-state index is 11.0. The molecule has 1 aromatic rings. The summed E-state index contributed by atoms with van der Waals surface area (Å²) in [6.45, 7) is 7.66. The average molecular weight is 265 g/mol. The molecule has 0 aromatic heterocycles. The lowest BCUT2D eigenvalue weighted by Gasteiger charge is -2.28. The van der Waals surface area contributed by atoms with E-state index in [4.69, 9.17) is 9.84 Å². The number of benzene rings is 1. The number of carbonyl (C=O) groups is 1. The van der Waals surface area contributed by atoms with Crippen LogP contribution in [0.5, 0.6) is 5.75 Å². The first kappa shape index (κ1) is 15.5. The van der Waals surface area contributed by atoms with Crippen LogP contribution in [0.4, 0.5) is 0 Å². The van der Waals surface area contributed by atoms with Crippen molar-refractivity contribution in [2.75, 3.05) is 7.05 Å². The topological polar surface area (TPSA) is 49.8 Å². The average Bonchev–Trinajstić information content (AvgIpc) is 2.36. The van der Waals surface area contributed by atoms with Crippen LogP contribution in [0.25, 0.3) is 0 Å². The number of aliphatic carboxylic acids is 1. The van der Waals surface area contributed by atoms with Crippen LogP contribution < -0.4 is 4.74 Å². The van der Waals surface area contributed by atoms with Gasteiger partial charge in [-0.2, -0.15) is 0 Å². The van der Waals surface area contributed by atoms with Gasteiger partial charge in [-0.05, 0) is 52.4 Å². The molecular weight excluding hydrogens is 242 g/mol. The van der Waals surface area contributed by atoms with Crippen LogP contribution in [0, 0.1) is 0 Å². The van der Waals surface area contributed by atoms with Gasteiger partial charge in [-0.1, -0.05) is 12.1 Å². The summed E-state index contributed by atoms with van der Waals surface area (Å²) < 4.78 is 5.59. The van der Waals surface area contributed by atoms with Crippen molar-refractivity contribution < 1.29 is 14.6 Å². The van der Waals surface area contributed by atoms with Crippen molar-refractivity contribution in [1.29, 1.82) is 0 Å². The highest BCUT2D eigenvalue weighted by molar-refractivity contribution is 5.72. The van der Waals surface area contributed by atoms with Crippen LogP contribution in [0.3, 0.4) is 0 Å². The number of carboxylic acids is 1. The lowest BCUT2D eigenvalue weighted by atomic mass is 10.1. The summed E-state index contributed by atoms with van der Waals surface area (Å²) in [6.07, 6.45) is 0.151. The normalized spacial score (nSPS) is 14.5. The zero-order chi connectivity index (χ0) is 14.6. The number of rotatable bonds is 6. The summed E-state index contributed by atoms with van der Waals surface area (Å²) >= 11 is 0. The molecule has 0 aliphatic rings. The van der Waals surface area contributed by atoms with E-state index in [1.165, 1.54) is 0 Å². The fourth-order valence-corrected chi connectivity index (χ4v) is 1.84. The maximum Gasteiger partial charge on any atom is 0.320 e. The minimum absolute atomic E-state index is 0.0409. The van der Waals surface area contributed by atoms with E-state index >= 15 is 0 Å². The Balaban J connectivity index is 2.77. The highest BCUT2D eigenvalue weighted by atomic mass is 16.5. The molecule has 0 saturated heterocycles. The van der Waals surface area contributed by atoms with Crippen molar-refractivity contribution >= 4 is 5.97 Å². The highest BCUT2D eigenvalue weighted by Gasteiger charge is 2.22. The predicted molar refractivity (Wildman–Crippen MR) is 75.5 cm³/mol. The van der Waals surface area contributed by atoms with Crippen molar-refractivity contribution in [3.05, 3.63) is 29.8 Å². The third-order valence-electron chi connectivity index (χ3n) is 3.31. The first-order chi connectivity index (χ1) is 8.82. The summed E-state index contributed by atoms with van der Waals surface area (Å²) in [4.78, 5) is 12.8. The van der Waals surface area contributed by atoms with Crippen LogP contribution in [0.1, 0.15) is 39.3 Å². The Labute approximate surface area is 115 Å². The number of hydrogen-bond acceptors (Lipinski definition) is 3. The molecule has 0 amide bonds. The molecule has 106 valence electrons. The van der Waals surface area contributed by atoms with Crippen molar-refractivity contribution in [2.45, 2.75) is 45.9 Å². The SMILES string of the molecule is CC(C)Oc1ccc(C(C)N(C)C(C)C(=O)O)cc1. The van der Waals surface area contributed by atoms with Crippen molar-refractivity contribution in [3.63, 3.8) is 0 Å². The standard InChI is InChI=1S/C15H23NO3/c1-10(2)19-14-8-6-13(7-9-14)11(3)16(5)12(4)15(17)18/h6-12H,1-5H3,(H,17,18). The Kier molecular flexibility index (Phi) is 5.36. The van der Waals surface area contributed by atoms with E-state index in [0.717, 1.165) is 11.3 Å². The van der Waals surface area contributed by atoms with Gasteiger partial charge in [0.1, 0.15) is 11.8 Å². The van der Waals surface area contributed by atoms with Gasteiger partial charge < -0.3 is 9.84 Å². The lowest BCUT2D eigenvalue weighted by molar-refractivity contribution is -0.142. The second-order valence-electron chi connectivity index (χ2n) is 5.09. The summed E-state index contributed by atoms with van der Waals surface area (Å²) in [5, 5.41) is 9.03. The second kappa shape index (κ2) is 6.57.